The number of phenolic OH excluding ortho intramolecular Hbond substituents is 2. The van der Waals surface area contributed by atoms with E-state index in [0.29, 0.717) is 13.0 Å². The van der Waals surface area contributed by atoms with Crippen molar-refractivity contribution in [2.24, 2.45) is 28.9 Å². The average Bonchev–Trinajstić information content (AvgIpc) is 2.95. The van der Waals surface area contributed by atoms with E-state index in [1.54, 1.807) is 6.07 Å². The number of hydrogen-bond donors (Lipinski definition) is 3. The first-order chi connectivity index (χ1) is 11.1. The van der Waals surface area contributed by atoms with Crippen molar-refractivity contribution in [1.29, 1.82) is 0 Å². The van der Waals surface area contributed by atoms with Crippen LogP contribution in [-0.4, -0.2) is 22.9 Å². The molecule has 0 spiro atoms. The van der Waals surface area contributed by atoms with Crippen LogP contribution in [0.5, 0.6) is 11.5 Å². The Balaban J connectivity index is 1.55. The lowest BCUT2D eigenvalue weighted by Crippen LogP contribution is -2.44. The van der Waals surface area contributed by atoms with Crippen molar-refractivity contribution in [1.82, 2.24) is 0 Å². The van der Waals surface area contributed by atoms with Gasteiger partial charge in [-0.05, 0) is 61.5 Å². The van der Waals surface area contributed by atoms with Crippen molar-refractivity contribution < 1.29 is 14.9 Å². The number of ether oxygens (including phenoxy) is 1. The second-order valence-corrected chi connectivity index (χ2v) is 8.33. The second-order valence-electron chi connectivity index (χ2n) is 8.33. The molecule has 0 radical (unpaired) electrons. The van der Waals surface area contributed by atoms with Gasteiger partial charge in [0.2, 0.25) is 0 Å². The molecule has 0 aromatic heterocycles. The summed E-state index contributed by atoms with van der Waals surface area (Å²) < 4.78 is 6.50. The Hall–Kier alpha value is -1.26. The van der Waals surface area contributed by atoms with Crippen LogP contribution in [0.1, 0.15) is 49.3 Å². The quantitative estimate of drug-likeness (QED) is 0.734. The molecule has 4 aliphatic carbocycles. The Labute approximate surface area is 136 Å². The topological polar surface area (TPSA) is 75.7 Å². The summed E-state index contributed by atoms with van der Waals surface area (Å²) in [4.78, 5) is 0. The van der Waals surface area contributed by atoms with Gasteiger partial charge < -0.3 is 20.7 Å². The van der Waals surface area contributed by atoms with E-state index in [2.05, 4.69) is 0 Å². The zero-order chi connectivity index (χ0) is 15.8. The molecular weight excluding hydrogens is 290 g/mol. The molecule has 4 saturated carbocycles. The molecule has 4 bridgehead atoms. The van der Waals surface area contributed by atoms with Gasteiger partial charge >= 0.3 is 0 Å². The molecule has 4 unspecified atom stereocenters. The first-order valence-electron chi connectivity index (χ1n) is 9.00. The maximum atomic E-state index is 10.4. The summed E-state index contributed by atoms with van der Waals surface area (Å²) in [6.45, 7) is 0.418. The van der Waals surface area contributed by atoms with Gasteiger partial charge in [-0.2, -0.15) is 0 Å². The lowest BCUT2D eigenvalue weighted by Gasteiger charge is -2.44. The third-order valence-corrected chi connectivity index (χ3v) is 7.27. The van der Waals surface area contributed by atoms with E-state index in [1.807, 2.05) is 6.07 Å². The molecule has 4 fully saturated rings. The minimum Gasteiger partial charge on any atom is -0.504 e. The smallest absolute Gasteiger partial charge is 0.161 e. The van der Waals surface area contributed by atoms with Crippen LogP contribution in [0.2, 0.25) is 0 Å². The fourth-order valence-corrected chi connectivity index (χ4v) is 6.57. The van der Waals surface area contributed by atoms with Gasteiger partial charge in [-0.15, -0.1) is 0 Å². The van der Waals surface area contributed by atoms with Gasteiger partial charge in [-0.25, -0.2) is 0 Å². The number of fused-ring (bicyclic) bond motifs is 1. The summed E-state index contributed by atoms with van der Waals surface area (Å²) in [5.41, 5.74) is 8.07. The monoisotopic (exact) mass is 315 g/mol. The fraction of sp³-hybridized carbons (Fsp3) is 0.684. The van der Waals surface area contributed by atoms with Crippen LogP contribution in [0.3, 0.4) is 0 Å². The maximum Gasteiger partial charge on any atom is 0.161 e. The Morgan fingerprint density at radius 3 is 2.57 bits per heavy atom. The van der Waals surface area contributed by atoms with Crippen LogP contribution < -0.4 is 5.73 Å². The Kier molecular flexibility index (Phi) is 2.85. The summed E-state index contributed by atoms with van der Waals surface area (Å²) in [5.74, 6) is 2.55. The summed E-state index contributed by atoms with van der Waals surface area (Å²) in [7, 11) is 0. The van der Waals surface area contributed by atoms with Gasteiger partial charge in [0.1, 0.15) is 0 Å². The van der Waals surface area contributed by atoms with Crippen LogP contribution in [-0.2, 0) is 11.2 Å². The third-order valence-electron chi connectivity index (χ3n) is 7.27. The Morgan fingerprint density at radius 2 is 1.87 bits per heavy atom. The number of rotatable bonds is 2. The molecule has 1 aliphatic heterocycles. The number of nitrogens with two attached hydrogens (primary N) is 1. The van der Waals surface area contributed by atoms with Crippen molar-refractivity contribution in [3.8, 4) is 11.5 Å². The Bertz CT molecular complexity index is 644. The molecule has 4 N–H and O–H groups in total. The normalized spacial score (nSPS) is 43.8. The van der Waals surface area contributed by atoms with E-state index in [4.69, 9.17) is 10.5 Å². The van der Waals surface area contributed by atoms with Crippen molar-refractivity contribution in [2.45, 2.75) is 50.7 Å². The van der Waals surface area contributed by atoms with Gasteiger partial charge in [-0.3, -0.25) is 0 Å². The van der Waals surface area contributed by atoms with Crippen LogP contribution >= 0.6 is 0 Å². The lowest BCUT2D eigenvalue weighted by atomic mass is 9.69. The van der Waals surface area contributed by atoms with Crippen LogP contribution in [0.15, 0.2) is 12.1 Å². The van der Waals surface area contributed by atoms with Gasteiger partial charge in [0.05, 0.1) is 12.2 Å². The highest BCUT2D eigenvalue weighted by Gasteiger charge is 2.61. The van der Waals surface area contributed by atoms with E-state index in [9.17, 15) is 10.2 Å². The molecule has 1 heterocycles. The number of hydrogen-bond acceptors (Lipinski definition) is 4. The zero-order valence-electron chi connectivity index (χ0n) is 13.4. The third kappa shape index (κ3) is 1.79. The van der Waals surface area contributed by atoms with E-state index >= 15 is 0 Å². The van der Waals surface area contributed by atoms with Crippen molar-refractivity contribution in [2.75, 3.05) is 6.54 Å². The SMILES string of the molecule is NCC1OC(C23CC4CC(CC2C4)C3)Cc2c1ccc(O)c2O. The second kappa shape index (κ2) is 4.64. The highest BCUT2D eigenvalue weighted by Crippen LogP contribution is 2.68. The minimum atomic E-state index is -0.164. The highest BCUT2D eigenvalue weighted by molar-refractivity contribution is 5.51. The molecule has 1 aromatic carbocycles. The van der Waals surface area contributed by atoms with E-state index in [-0.39, 0.29) is 29.1 Å². The molecule has 4 atom stereocenters. The van der Waals surface area contributed by atoms with Gasteiger partial charge in [0.25, 0.3) is 0 Å². The van der Waals surface area contributed by atoms with Crippen molar-refractivity contribution in [3.05, 3.63) is 23.3 Å². The van der Waals surface area contributed by atoms with Gasteiger partial charge in [0, 0.05) is 23.9 Å². The maximum absolute atomic E-state index is 10.4. The molecule has 0 saturated heterocycles. The average molecular weight is 315 g/mol. The molecule has 124 valence electrons. The summed E-state index contributed by atoms with van der Waals surface area (Å²) in [5, 5.41) is 20.3. The van der Waals surface area contributed by atoms with Crippen molar-refractivity contribution in [3.63, 3.8) is 0 Å². The number of benzene rings is 1. The van der Waals surface area contributed by atoms with Crippen LogP contribution in [0.4, 0.5) is 0 Å². The zero-order valence-corrected chi connectivity index (χ0v) is 13.4. The molecule has 6 rings (SSSR count). The summed E-state index contributed by atoms with van der Waals surface area (Å²) in [6, 6.07) is 3.40. The van der Waals surface area contributed by atoms with Gasteiger partial charge in [0.15, 0.2) is 11.5 Å². The molecule has 5 aliphatic rings. The van der Waals surface area contributed by atoms with Crippen molar-refractivity contribution >= 4 is 0 Å². The lowest BCUT2D eigenvalue weighted by molar-refractivity contribution is -0.104. The fourth-order valence-electron chi connectivity index (χ4n) is 6.57. The standard InChI is InChI=1S/C19H25NO3/c20-9-16-13-1-2-15(21)18(22)14(13)6-17(23-16)19-7-10-3-11(8-19)5-12(19)4-10/h1-2,10-12,16-17,21-22H,3-9,20H2. The molecule has 23 heavy (non-hydrogen) atoms. The van der Waals surface area contributed by atoms with Crippen LogP contribution in [0.25, 0.3) is 0 Å². The minimum absolute atomic E-state index is 0.0309. The molecular formula is C19H25NO3. The summed E-state index contributed by atoms with van der Waals surface area (Å²) in [6.07, 6.45) is 7.39. The molecule has 0 amide bonds. The largest absolute Gasteiger partial charge is 0.504 e. The molecule has 4 nitrogen and oxygen atoms in total. The highest BCUT2D eigenvalue weighted by atomic mass is 16.5. The van der Waals surface area contributed by atoms with E-state index in [1.165, 1.54) is 32.1 Å². The first kappa shape index (κ1) is 14.1. The predicted molar refractivity (Wildman–Crippen MR) is 86.1 cm³/mol. The van der Waals surface area contributed by atoms with E-state index in [0.717, 1.165) is 28.9 Å². The number of phenols is 2. The first-order valence-corrected chi connectivity index (χ1v) is 9.00. The van der Waals surface area contributed by atoms with E-state index < -0.39 is 0 Å². The molecule has 4 heteroatoms. The van der Waals surface area contributed by atoms with Crippen LogP contribution in [0, 0.1) is 23.2 Å². The predicted octanol–water partition coefficient (Wildman–Crippen LogP) is 2.87. The Morgan fingerprint density at radius 1 is 1.13 bits per heavy atom. The summed E-state index contributed by atoms with van der Waals surface area (Å²) >= 11 is 0. The number of aromatic hydroxyl groups is 2. The van der Waals surface area contributed by atoms with Gasteiger partial charge in [-0.1, -0.05) is 6.07 Å². The molecule has 1 aromatic rings.